The van der Waals surface area contributed by atoms with Gasteiger partial charge in [0.25, 0.3) is 5.91 Å². The van der Waals surface area contributed by atoms with E-state index in [-0.39, 0.29) is 0 Å². The van der Waals surface area contributed by atoms with Crippen LogP contribution in [-0.2, 0) is 14.3 Å². The van der Waals surface area contributed by atoms with Gasteiger partial charge in [-0.3, -0.25) is 9.59 Å². The van der Waals surface area contributed by atoms with Crippen LogP contribution in [0.5, 0.6) is 0 Å². The van der Waals surface area contributed by atoms with Gasteiger partial charge in [0, 0.05) is 5.69 Å². The van der Waals surface area contributed by atoms with Crippen LogP contribution in [0.2, 0.25) is 0 Å². The number of hydrogen-bond donors (Lipinski definition) is 3. The van der Waals surface area contributed by atoms with Gasteiger partial charge in [-0.25, -0.2) is 4.79 Å². The van der Waals surface area contributed by atoms with Crippen LogP contribution in [0.3, 0.4) is 0 Å². The zero-order chi connectivity index (χ0) is 27.9. The molecule has 0 aromatic heterocycles. The molecule has 3 N–H and O–H groups in total. The predicted molar refractivity (Wildman–Crippen MR) is 141 cm³/mol. The maximum Gasteiger partial charge on any atom is 0.408 e. The van der Waals surface area contributed by atoms with E-state index in [0.717, 1.165) is 27.2 Å². The number of anilines is 1. The van der Waals surface area contributed by atoms with E-state index in [2.05, 4.69) is 10.6 Å². The van der Waals surface area contributed by atoms with Crippen LogP contribution in [0.25, 0.3) is 0 Å². The molecule has 0 aliphatic heterocycles. The molecule has 0 saturated heterocycles. The van der Waals surface area contributed by atoms with Gasteiger partial charge in [-0.15, -0.1) is 0 Å². The largest absolute Gasteiger partial charge is 0.444 e. The molecule has 2 aromatic carbocycles. The number of nitrogens with zero attached hydrogens (tertiary/aromatic N) is 2. The molecule has 0 radical (unpaired) electrons. The normalized spacial score (nSPS) is 12.6. The van der Waals surface area contributed by atoms with Gasteiger partial charge in [0.05, 0.1) is 12.7 Å². The van der Waals surface area contributed by atoms with Gasteiger partial charge in [0.15, 0.2) is 0 Å². The molecule has 2 rings (SSSR count). The molecule has 0 saturated carbocycles. The second-order valence-corrected chi connectivity index (χ2v) is 10.0. The van der Waals surface area contributed by atoms with E-state index in [1.165, 1.54) is 0 Å². The number of aliphatic hydroxyl groups excluding tert-OH is 1. The summed E-state index contributed by atoms with van der Waals surface area (Å²) in [4.78, 5) is 40.8. The van der Waals surface area contributed by atoms with Crippen LogP contribution in [0, 0.1) is 39.0 Å². The summed E-state index contributed by atoms with van der Waals surface area (Å²) in [5.41, 5.74) is 3.69. The summed E-state index contributed by atoms with van der Waals surface area (Å²) < 4.78 is 5.21. The first-order valence-corrected chi connectivity index (χ1v) is 12.0. The number of benzene rings is 2. The summed E-state index contributed by atoms with van der Waals surface area (Å²) >= 11 is 0. The van der Waals surface area contributed by atoms with Gasteiger partial charge in [-0.05, 0) is 70.7 Å². The first kappa shape index (κ1) is 29.3. The first-order chi connectivity index (χ1) is 17.3. The van der Waals surface area contributed by atoms with Crippen molar-refractivity contribution in [2.24, 2.45) is 0 Å². The number of hydrogen-bond acceptors (Lipinski definition) is 6. The Kier molecular flexibility index (Phi) is 9.81. The Morgan fingerprint density at radius 1 is 1.05 bits per heavy atom. The van der Waals surface area contributed by atoms with Crippen molar-refractivity contribution in [1.29, 1.82) is 5.26 Å². The van der Waals surface area contributed by atoms with E-state index in [1.807, 2.05) is 64.1 Å². The van der Waals surface area contributed by atoms with Crippen molar-refractivity contribution >= 4 is 23.6 Å². The number of ether oxygens (including phenoxy) is 1. The maximum atomic E-state index is 13.8. The van der Waals surface area contributed by atoms with E-state index in [0.29, 0.717) is 11.3 Å². The molecule has 0 heterocycles. The zero-order valence-corrected chi connectivity index (χ0v) is 22.5. The summed E-state index contributed by atoms with van der Waals surface area (Å²) in [6.07, 6.45) is -0.903. The third kappa shape index (κ3) is 7.79. The number of nitriles is 1. The molecule has 37 heavy (non-hydrogen) atoms. The monoisotopic (exact) mass is 508 g/mol. The molecule has 0 spiro atoms. The van der Waals surface area contributed by atoms with Gasteiger partial charge in [-0.1, -0.05) is 42.0 Å². The summed E-state index contributed by atoms with van der Waals surface area (Å²) in [6, 6.07) is 10.3. The Morgan fingerprint density at radius 3 is 2.19 bits per heavy atom. The highest BCUT2D eigenvalue weighted by Gasteiger charge is 2.37. The summed E-state index contributed by atoms with van der Waals surface area (Å²) in [5.74, 6) is -1.32. The van der Waals surface area contributed by atoms with Crippen molar-refractivity contribution in [2.75, 3.05) is 18.5 Å². The van der Waals surface area contributed by atoms with Crippen molar-refractivity contribution in [3.8, 4) is 6.07 Å². The minimum Gasteiger partial charge on any atom is -0.444 e. The number of rotatable bonds is 8. The Morgan fingerprint density at radius 2 is 1.68 bits per heavy atom. The second kappa shape index (κ2) is 12.4. The van der Waals surface area contributed by atoms with Crippen molar-refractivity contribution < 1.29 is 24.2 Å². The van der Waals surface area contributed by atoms with E-state index in [1.54, 1.807) is 26.8 Å². The lowest BCUT2D eigenvalue weighted by Crippen LogP contribution is -2.54. The fourth-order valence-electron chi connectivity index (χ4n) is 3.99. The number of carbonyl (C=O) groups is 3. The lowest BCUT2D eigenvalue weighted by atomic mass is 9.96. The minimum absolute atomic E-state index is 0.455. The van der Waals surface area contributed by atoms with E-state index in [4.69, 9.17) is 4.74 Å². The molecule has 2 aromatic rings. The Balaban J connectivity index is 2.54. The fraction of sp³-hybridized carbons (Fsp3) is 0.429. The van der Waals surface area contributed by atoms with E-state index >= 15 is 0 Å². The summed E-state index contributed by atoms with van der Waals surface area (Å²) in [7, 11) is 0. The minimum atomic E-state index is -1.43. The highest BCUT2D eigenvalue weighted by atomic mass is 16.6. The Hall–Kier alpha value is -3.90. The van der Waals surface area contributed by atoms with Crippen molar-refractivity contribution in [2.45, 2.75) is 66.2 Å². The lowest BCUT2D eigenvalue weighted by Gasteiger charge is -2.33. The van der Waals surface area contributed by atoms with E-state index < -0.39 is 48.7 Å². The highest BCUT2D eigenvalue weighted by Crippen LogP contribution is 2.29. The number of aliphatic hydroxyl groups is 1. The number of carbonyl (C=O) groups excluding carboxylic acids is 3. The predicted octanol–water partition coefficient (Wildman–Crippen LogP) is 3.84. The Bertz CT molecular complexity index is 1180. The van der Waals surface area contributed by atoms with E-state index in [9.17, 15) is 24.8 Å². The zero-order valence-electron chi connectivity index (χ0n) is 22.5. The molecule has 3 amide bonds. The van der Waals surface area contributed by atoms with Gasteiger partial charge in [-0.2, -0.15) is 5.26 Å². The average molecular weight is 509 g/mol. The number of amides is 3. The molecule has 9 nitrogen and oxygen atoms in total. The molecule has 0 bridgehead atoms. The van der Waals surface area contributed by atoms with Crippen molar-refractivity contribution in [3.63, 3.8) is 0 Å². The van der Waals surface area contributed by atoms with Gasteiger partial charge in [0.1, 0.15) is 24.2 Å². The molecule has 2 unspecified atom stereocenters. The standard InChI is InChI=1S/C28H36N4O5/c1-17-11-12-21(20(4)15-17)24(25(34)31-23-18(2)9-8-10-19(23)3)32(14-13-29)26(35)22(16-33)30-27(36)37-28(5,6)7/h8-12,15,22,24,33H,14,16H2,1-7H3,(H,30,36)(H,31,34). The number of nitrogens with one attached hydrogen (secondary N) is 2. The van der Waals surface area contributed by atoms with Gasteiger partial charge in [0.2, 0.25) is 5.91 Å². The quantitative estimate of drug-likeness (QED) is 0.464. The molecule has 198 valence electrons. The third-order valence-electron chi connectivity index (χ3n) is 5.71. The van der Waals surface area contributed by atoms with Gasteiger partial charge < -0.3 is 25.4 Å². The molecular formula is C28H36N4O5. The molecule has 2 atom stereocenters. The third-order valence-corrected chi connectivity index (χ3v) is 5.71. The number of para-hydroxylation sites is 1. The topological polar surface area (TPSA) is 132 Å². The smallest absolute Gasteiger partial charge is 0.408 e. The highest BCUT2D eigenvalue weighted by molar-refractivity contribution is 6.00. The second-order valence-electron chi connectivity index (χ2n) is 10.0. The lowest BCUT2D eigenvalue weighted by molar-refractivity contribution is -0.140. The Labute approximate surface area is 218 Å². The average Bonchev–Trinajstić information content (AvgIpc) is 2.79. The maximum absolute atomic E-state index is 13.8. The SMILES string of the molecule is Cc1ccc(C(C(=O)Nc2c(C)cccc2C)N(CC#N)C(=O)C(CO)NC(=O)OC(C)(C)C)c(C)c1. The van der Waals surface area contributed by atoms with Crippen LogP contribution >= 0.6 is 0 Å². The van der Waals surface area contributed by atoms with Gasteiger partial charge >= 0.3 is 6.09 Å². The molecular weight excluding hydrogens is 472 g/mol. The molecule has 0 aliphatic carbocycles. The molecule has 0 fully saturated rings. The first-order valence-electron chi connectivity index (χ1n) is 12.0. The van der Waals surface area contributed by atoms with Crippen LogP contribution in [-0.4, -0.2) is 52.7 Å². The molecule has 0 aliphatic rings. The summed E-state index contributed by atoms with van der Waals surface area (Å²) in [5, 5.41) is 24.8. The number of alkyl carbamates (subject to hydrolysis) is 1. The number of aryl methyl sites for hydroxylation is 4. The van der Waals surface area contributed by atoms with Crippen LogP contribution in [0.1, 0.15) is 54.6 Å². The van der Waals surface area contributed by atoms with Crippen LogP contribution in [0.15, 0.2) is 36.4 Å². The van der Waals surface area contributed by atoms with Crippen LogP contribution < -0.4 is 10.6 Å². The summed E-state index contributed by atoms with van der Waals surface area (Å²) in [6.45, 7) is 11.2. The van der Waals surface area contributed by atoms with Crippen molar-refractivity contribution in [1.82, 2.24) is 10.2 Å². The molecule has 9 heteroatoms. The fourth-order valence-corrected chi connectivity index (χ4v) is 3.99. The van der Waals surface area contributed by atoms with Crippen molar-refractivity contribution in [3.05, 3.63) is 64.2 Å². The van der Waals surface area contributed by atoms with Crippen LogP contribution in [0.4, 0.5) is 10.5 Å².